The second-order valence-corrected chi connectivity index (χ2v) is 7.91. The zero-order valence-electron chi connectivity index (χ0n) is 14.3. The van der Waals surface area contributed by atoms with Crippen LogP contribution in [-0.2, 0) is 16.0 Å². The van der Waals surface area contributed by atoms with Crippen LogP contribution in [-0.4, -0.2) is 35.8 Å². The predicted octanol–water partition coefficient (Wildman–Crippen LogP) is 3.83. The van der Waals surface area contributed by atoms with Crippen molar-refractivity contribution in [3.8, 4) is 0 Å². The molecule has 1 atom stereocenters. The van der Waals surface area contributed by atoms with Gasteiger partial charge in [-0.15, -0.1) is 0 Å². The average Bonchev–Trinajstić information content (AvgIpc) is 2.96. The van der Waals surface area contributed by atoms with Crippen molar-refractivity contribution in [3.63, 3.8) is 0 Å². The van der Waals surface area contributed by atoms with E-state index in [9.17, 15) is 9.59 Å². The molecular weight excluding hydrogens is 359 g/mol. The van der Waals surface area contributed by atoms with Crippen molar-refractivity contribution in [1.82, 2.24) is 10.2 Å². The van der Waals surface area contributed by atoms with Crippen molar-refractivity contribution in [2.45, 2.75) is 51.0 Å². The van der Waals surface area contributed by atoms with E-state index in [-0.39, 0.29) is 17.7 Å². The molecule has 1 unspecified atom stereocenters. The molecule has 0 bridgehead atoms. The lowest BCUT2D eigenvalue weighted by Crippen LogP contribution is -2.40. The summed E-state index contributed by atoms with van der Waals surface area (Å²) in [4.78, 5) is 26.5. The van der Waals surface area contributed by atoms with Crippen molar-refractivity contribution >= 4 is 35.0 Å². The van der Waals surface area contributed by atoms with Crippen LogP contribution in [0, 0.1) is 5.92 Å². The summed E-state index contributed by atoms with van der Waals surface area (Å²) in [5.41, 5.74) is 0.967. The Morgan fingerprint density at radius 1 is 1.20 bits per heavy atom. The molecule has 0 aromatic heterocycles. The molecule has 1 saturated carbocycles. The number of nitrogens with zero attached hydrogens (tertiary/aromatic N) is 1. The molecular formula is C19H24Cl2N2O2. The molecule has 2 fully saturated rings. The van der Waals surface area contributed by atoms with Gasteiger partial charge in [-0.1, -0.05) is 48.5 Å². The molecule has 1 aliphatic heterocycles. The topological polar surface area (TPSA) is 49.4 Å². The van der Waals surface area contributed by atoms with Crippen LogP contribution in [0.5, 0.6) is 0 Å². The molecule has 136 valence electrons. The van der Waals surface area contributed by atoms with E-state index >= 15 is 0 Å². The Morgan fingerprint density at radius 3 is 2.68 bits per heavy atom. The molecule has 1 aliphatic carbocycles. The molecule has 2 aliphatic rings. The Hall–Kier alpha value is -1.26. The van der Waals surface area contributed by atoms with Gasteiger partial charge < -0.3 is 10.2 Å². The molecule has 2 amide bonds. The first-order valence-electron chi connectivity index (χ1n) is 9.05. The first kappa shape index (κ1) is 18.5. The van der Waals surface area contributed by atoms with Gasteiger partial charge >= 0.3 is 0 Å². The number of carbonyl (C=O) groups excluding carboxylic acids is 2. The highest BCUT2D eigenvalue weighted by Gasteiger charge is 2.34. The van der Waals surface area contributed by atoms with Crippen LogP contribution < -0.4 is 5.32 Å². The highest BCUT2D eigenvalue weighted by molar-refractivity contribution is 6.35. The van der Waals surface area contributed by atoms with E-state index in [0.717, 1.165) is 18.4 Å². The molecule has 1 aromatic rings. The minimum Gasteiger partial charge on any atom is -0.353 e. The van der Waals surface area contributed by atoms with Crippen molar-refractivity contribution in [3.05, 3.63) is 33.8 Å². The van der Waals surface area contributed by atoms with Crippen LogP contribution in [0.1, 0.15) is 44.1 Å². The highest BCUT2D eigenvalue weighted by atomic mass is 35.5. The van der Waals surface area contributed by atoms with Gasteiger partial charge in [-0.3, -0.25) is 9.59 Å². The molecule has 1 heterocycles. The van der Waals surface area contributed by atoms with Gasteiger partial charge in [0.05, 0.1) is 5.92 Å². The maximum atomic E-state index is 12.4. The first-order chi connectivity index (χ1) is 12.0. The fourth-order valence-electron chi connectivity index (χ4n) is 3.71. The largest absolute Gasteiger partial charge is 0.353 e. The zero-order valence-corrected chi connectivity index (χ0v) is 15.8. The normalized spacial score (nSPS) is 21.6. The summed E-state index contributed by atoms with van der Waals surface area (Å²) in [6, 6.07) is 5.69. The summed E-state index contributed by atoms with van der Waals surface area (Å²) in [7, 11) is 0. The molecule has 1 saturated heterocycles. The summed E-state index contributed by atoms with van der Waals surface area (Å²) >= 11 is 12.1. The third-order valence-corrected chi connectivity index (χ3v) is 5.79. The Labute approximate surface area is 158 Å². The summed E-state index contributed by atoms with van der Waals surface area (Å²) in [6.07, 6.45) is 6.72. The van der Waals surface area contributed by atoms with Crippen molar-refractivity contribution in [1.29, 1.82) is 0 Å². The van der Waals surface area contributed by atoms with Gasteiger partial charge in [-0.25, -0.2) is 0 Å². The van der Waals surface area contributed by atoms with E-state index in [2.05, 4.69) is 5.32 Å². The van der Waals surface area contributed by atoms with E-state index < -0.39 is 0 Å². The van der Waals surface area contributed by atoms with Crippen molar-refractivity contribution in [2.24, 2.45) is 5.92 Å². The number of carbonyl (C=O) groups is 2. The minimum absolute atomic E-state index is 0.0345. The fourth-order valence-corrected chi connectivity index (χ4v) is 4.21. The summed E-state index contributed by atoms with van der Waals surface area (Å²) in [5.74, 6) is -0.142. The Morgan fingerprint density at radius 2 is 1.96 bits per heavy atom. The lowest BCUT2D eigenvalue weighted by molar-refractivity contribution is -0.129. The van der Waals surface area contributed by atoms with Crippen molar-refractivity contribution in [2.75, 3.05) is 13.1 Å². The Kier molecular flexibility index (Phi) is 6.24. The third kappa shape index (κ3) is 4.89. The lowest BCUT2D eigenvalue weighted by Gasteiger charge is -2.24. The number of likely N-dealkylation sites (tertiary alicyclic amines) is 1. The number of halogens is 2. The van der Waals surface area contributed by atoms with Gasteiger partial charge in [-0.2, -0.15) is 0 Å². The van der Waals surface area contributed by atoms with Gasteiger partial charge in [-0.05, 0) is 37.0 Å². The molecule has 25 heavy (non-hydrogen) atoms. The van der Waals surface area contributed by atoms with E-state index in [1.807, 2.05) is 6.07 Å². The number of nitrogens with one attached hydrogen (secondary N) is 1. The first-order valence-corrected chi connectivity index (χ1v) is 9.80. The van der Waals surface area contributed by atoms with Crippen LogP contribution >= 0.6 is 23.2 Å². The monoisotopic (exact) mass is 382 g/mol. The number of hydrogen-bond acceptors (Lipinski definition) is 2. The maximum Gasteiger partial charge on any atom is 0.225 e. The van der Waals surface area contributed by atoms with Crippen LogP contribution in [0.15, 0.2) is 18.2 Å². The van der Waals surface area contributed by atoms with E-state index in [4.69, 9.17) is 23.2 Å². The van der Waals surface area contributed by atoms with Gasteiger partial charge in [0.25, 0.3) is 0 Å². The maximum absolute atomic E-state index is 12.4. The minimum atomic E-state index is -0.227. The Balaban J connectivity index is 1.50. The molecule has 3 rings (SSSR count). The predicted molar refractivity (Wildman–Crippen MR) is 99.9 cm³/mol. The van der Waals surface area contributed by atoms with Crippen LogP contribution in [0.4, 0.5) is 0 Å². The van der Waals surface area contributed by atoms with Crippen LogP contribution in [0.3, 0.4) is 0 Å². The second kappa shape index (κ2) is 8.41. The highest BCUT2D eigenvalue weighted by Crippen LogP contribution is 2.24. The van der Waals surface area contributed by atoms with E-state index in [1.54, 1.807) is 17.0 Å². The standard InChI is InChI=1S/C19H24Cl2N2O2/c20-15-7-6-13(17(21)11-15)8-9-23-12-14(10-18(23)24)19(25)22-16-4-2-1-3-5-16/h6-7,11,14,16H,1-5,8-10,12H2,(H,22,25). The molecule has 0 spiro atoms. The van der Waals surface area contributed by atoms with Gasteiger partial charge in [0, 0.05) is 35.6 Å². The summed E-state index contributed by atoms with van der Waals surface area (Å²) in [5, 5.41) is 4.36. The quantitative estimate of drug-likeness (QED) is 0.840. The van der Waals surface area contributed by atoms with Gasteiger partial charge in [0.15, 0.2) is 0 Å². The SMILES string of the molecule is O=C(NC1CCCCC1)C1CC(=O)N(CCc2ccc(Cl)cc2Cl)C1. The summed E-state index contributed by atoms with van der Waals surface area (Å²) in [6.45, 7) is 1.08. The number of rotatable bonds is 5. The Bertz CT molecular complexity index is 644. The molecule has 6 heteroatoms. The molecule has 4 nitrogen and oxygen atoms in total. The van der Waals surface area contributed by atoms with E-state index in [0.29, 0.717) is 42.0 Å². The van der Waals surface area contributed by atoms with E-state index in [1.165, 1.54) is 19.3 Å². The number of benzene rings is 1. The summed E-state index contributed by atoms with van der Waals surface area (Å²) < 4.78 is 0. The smallest absolute Gasteiger partial charge is 0.225 e. The fraction of sp³-hybridized carbons (Fsp3) is 0.579. The van der Waals surface area contributed by atoms with Crippen LogP contribution in [0.25, 0.3) is 0 Å². The molecule has 1 N–H and O–H groups in total. The molecule has 0 radical (unpaired) electrons. The average molecular weight is 383 g/mol. The van der Waals surface area contributed by atoms with Crippen LogP contribution in [0.2, 0.25) is 10.0 Å². The number of amides is 2. The third-order valence-electron chi connectivity index (χ3n) is 5.20. The van der Waals surface area contributed by atoms with Crippen molar-refractivity contribution < 1.29 is 9.59 Å². The number of hydrogen-bond donors (Lipinski definition) is 1. The zero-order chi connectivity index (χ0) is 17.8. The molecule has 1 aromatic carbocycles. The van der Waals surface area contributed by atoms with Gasteiger partial charge in [0.1, 0.15) is 0 Å². The lowest BCUT2D eigenvalue weighted by atomic mass is 9.95. The van der Waals surface area contributed by atoms with Gasteiger partial charge in [0.2, 0.25) is 11.8 Å². The second-order valence-electron chi connectivity index (χ2n) is 7.07.